The summed E-state index contributed by atoms with van der Waals surface area (Å²) in [6.45, 7) is 13.4. The Hall–Kier alpha value is -2.64. The SMILES string of the molecule is CC(C)(C)OC(=O)N1CCC2C(C1)NC(=O)CC2O[Si](c1ccccc1)(c1ccccc1)C(C)(C)C. The van der Waals surface area contributed by atoms with Crippen LogP contribution in [0, 0.1) is 5.92 Å². The number of likely N-dealkylation sites (tertiary alicyclic amines) is 1. The first-order valence-corrected chi connectivity index (χ1v) is 14.9. The molecule has 0 saturated carbocycles. The first-order valence-electron chi connectivity index (χ1n) is 13.0. The molecule has 2 fully saturated rings. The van der Waals surface area contributed by atoms with Crippen molar-refractivity contribution >= 4 is 30.7 Å². The van der Waals surface area contributed by atoms with E-state index in [4.69, 9.17) is 9.16 Å². The van der Waals surface area contributed by atoms with E-state index < -0.39 is 13.9 Å². The Morgan fingerprint density at radius 3 is 2.00 bits per heavy atom. The van der Waals surface area contributed by atoms with Crippen LogP contribution in [0.2, 0.25) is 5.04 Å². The second-order valence-electron chi connectivity index (χ2n) is 12.1. The van der Waals surface area contributed by atoms with Gasteiger partial charge in [0.2, 0.25) is 5.91 Å². The third-order valence-corrected chi connectivity index (χ3v) is 12.3. The number of benzene rings is 2. The van der Waals surface area contributed by atoms with Crippen LogP contribution in [-0.4, -0.2) is 56.1 Å². The van der Waals surface area contributed by atoms with Crippen LogP contribution in [0.3, 0.4) is 0 Å². The normalized spacial score (nSPS) is 23.0. The molecule has 0 bridgehead atoms. The standard InChI is InChI=1S/C29H40N2O4Si/c1-28(2,3)34-27(33)31-18-17-23-24(20-31)30-26(32)19-25(23)35-36(29(4,5)6,21-13-9-7-10-14-21)22-15-11-8-12-16-22/h7-16,23-25H,17-20H2,1-6H3,(H,30,32). The molecule has 0 radical (unpaired) electrons. The van der Waals surface area contributed by atoms with E-state index in [0.29, 0.717) is 19.5 Å². The Bertz CT molecular complexity index is 1020. The van der Waals surface area contributed by atoms with E-state index in [1.165, 1.54) is 10.4 Å². The molecular formula is C29H40N2O4Si. The van der Waals surface area contributed by atoms with Gasteiger partial charge < -0.3 is 19.4 Å². The zero-order valence-corrected chi connectivity index (χ0v) is 23.4. The van der Waals surface area contributed by atoms with Crippen LogP contribution in [0.15, 0.2) is 60.7 Å². The zero-order chi connectivity index (χ0) is 26.1. The summed E-state index contributed by atoms with van der Waals surface area (Å²) in [4.78, 5) is 27.4. The predicted octanol–water partition coefficient (Wildman–Crippen LogP) is 4.08. The Kier molecular flexibility index (Phi) is 7.35. The number of ether oxygens (including phenoxy) is 1. The summed E-state index contributed by atoms with van der Waals surface area (Å²) in [5.74, 6) is 0.105. The molecule has 2 aliphatic heterocycles. The topological polar surface area (TPSA) is 67.9 Å². The molecule has 194 valence electrons. The largest absolute Gasteiger partial charge is 0.444 e. The highest BCUT2D eigenvalue weighted by atomic mass is 28.4. The van der Waals surface area contributed by atoms with Crippen molar-refractivity contribution in [2.24, 2.45) is 5.92 Å². The average Bonchev–Trinajstić information content (AvgIpc) is 2.81. The van der Waals surface area contributed by atoms with E-state index in [0.717, 1.165) is 6.42 Å². The summed E-state index contributed by atoms with van der Waals surface area (Å²) in [5.41, 5.74) is -0.557. The van der Waals surface area contributed by atoms with E-state index in [2.05, 4.69) is 74.6 Å². The van der Waals surface area contributed by atoms with Gasteiger partial charge in [-0.1, -0.05) is 81.4 Å². The minimum Gasteiger partial charge on any atom is -0.444 e. The van der Waals surface area contributed by atoms with Gasteiger partial charge in [-0.05, 0) is 42.6 Å². The highest BCUT2D eigenvalue weighted by Gasteiger charge is 2.54. The summed E-state index contributed by atoms with van der Waals surface area (Å²) in [5, 5.41) is 5.39. The van der Waals surface area contributed by atoms with Gasteiger partial charge in [-0.2, -0.15) is 0 Å². The highest BCUT2D eigenvalue weighted by Crippen LogP contribution is 2.40. The molecule has 2 amide bonds. The summed E-state index contributed by atoms with van der Waals surface area (Å²) in [7, 11) is -2.80. The lowest BCUT2D eigenvalue weighted by atomic mass is 9.82. The van der Waals surface area contributed by atoms with Crippen LogP contribution in [0.1, 0.15) is 54.4 Å². The second-order valence-corrected chi connectivity index (χ2v) is 16.3. The van der Waals surface area contributed by atoms with Crippen LogP contribution in [-0.2, 0) is 14.0 Å². The van der Waals surface area contributed by atoms with Crippen LogP contribution >= 0.6 is 0 Å². The van der Waals surface area contributed by atoms with Gasteiger partial charge in [-0.15, -0.1) is 0 Å². The highest BCUT2D eigenvalue weighted by molar-refractivity contribution is 6.99. The Labute approximate surface area is 216 Å². The van der Waals surface area contributed by atoms with Gasteiger partial charge in [0.25, 0.3) is 8.32 Å². The Balaban J connectivity index is 1.68. The lowest BCUT2D eigenvalue weighted by Crippen LogP contribution is -2.70. The van der Waals surface area contributed by atoms with E-state index in [1.807, 2.05) is 32.9 Å². The fourth-order valence-corrected chi connectivity index (χ4v) is 10.4. The molecule has 2 saturated heterocycles. The predicted molar refractivity (Wildman–Crippen MR) is 145 cm³/mol. The molecule has 0 aromatic heterocycles. The number of carbonyl (C=O) groups is 2. The minimum absolute atomic E-state index is 0.0229. The molecule has 2 aromatic rings. The molecule has 3 atom stereocenters. The van der Waals surface area contributed by atoms with Gasteiger partial charge in [0, 0.05) is 19.0 Å². The molecule has 3 unspecified atom stereocenters. The summed E-state index contributed by atoms with van der Waals surface area (Å²) < 4.78 is 13.0. The lowest BCUT2D eigenvalue weighted by Gasteiger charge is -2.50. The van der Waals surface area contributed by atoms with Crippen molar-refractivity contribution in [3.8, 4) is 0 Å². The lowest BCUT2D eigenvalue weighted by molar-refractivity contribution is -0.130. The Morgan fingerprint density at radius 1 is 0.944 bits per heavy atom. The summed E-state index contributed by atoms with van der Waals surface area (Å²) in [6, 6.07) is 20.9. The van der Waals surface area contributed by atoms with Gasteiger partial charge in [-0.3, -0.25) is 4.79 Å². The van der Waals surface area contributed by atoms with Gasteiger partial charge >= 0.3 is 6.09 Å². The monoisotopic (exact) mass is 508 g/mol. The van der Waals surface area contributed by atoms with Crippen molar-refractivity contribution in [3.05, 3.63) is 60.7 Å². The van der Waals surface area contributed by atoms with Crippen molar-refractivity contribution in [3.63, 3.8) is 0 Å². The fraction of sp³-hybridized carbons (Fsp3) is 0.517. The number of rotatable bonds is 4. The molecule has 7 heteroatoms. The van der Waals surface area contributed by atoms with E-state index in [-0.39, 0.29) is 35.1 Å². The van der Waals surface area contributed by atoms with Crippen LogP contribution < -0.4 is 15.7 Å². The molecule has 4 rings (SSSR count). The number of nitrogens with one attached hydrogen (secondary N) is 1. The van der Waals surface area contributed by atoms with E-state index in [1.54, 1.807) is 4.90 Å². The summed E-state index contributed by atoms with van der Waals surface area (Å²) >= 11 is 0. The number of carbonyl (C=O) groups excluding carboxylic acids is 2. The first kappa shape index (κ1) is 26.4. The molecule has 2 heterocycles. The van der Waals surface area contributed by atoms with Gasteiger partial charge in [-0.25, -0.2) is 4.79 Å². The minimum atomic E-state index is -2.80. The van der Waals surface area contributed by atoms with Crippen LogP contribution in [0.25, 0.3) is 0 Å². The quantitative estimate of drug-likeness (QED) is 0.632. The number of nitrogens with zero attached hydrogens (tertiary/aromatic N) is 1. The van der Waals surface area contributed by atoms with Crippen LogP contribution in [0.4, 0.5) is 4.79 Å². The van der Waals surface area contributed by atoms with Gasteiger partial charge in [0.15, 0.2) is 0 Å². The number of piperidine rings is 2. The average molecular weight is 509 g/mol. The third-order valence-electron chi connectivity index (χ3n) is 7.27. The van der Waals surface area contributed by atoms with Crippen LogP contribution in [0.5, 0.6) is 0 Å². The van der Waals surface area contributed by atoms with Gasteiger partial charge in [0.1, 0.15) is 5.60 Å². The molecule has 0 aliphatic carbocycles. The molecule has 36 heavy (non-hydrogen) atoms. The first-order chi connectivity index (χ1) is 16.9. The van der Waals surface area contributed by atoms with Crippen molar-refractivity contribution in [1.82, 2.24) is 10.2 Å². The van der Waals surface area contributed by atoms with Gasteiger partial charge in [0.05, 0.1) is 18.6 Å². The van der Waals surface area contributed by atoms with E-state index in [9.17, 15) is 9.59 Å². The number of hydrogen-bond donors (Lipinski definition) is 1. The number of fused-ring (bicyclic) bond motifs is 1. The number of amides is 2. The third kappa shape index (κ3) is 5.37. The van der Waals surface area contributed by atoms with Crippen molar-refractivity contribution in [1.29, 1.82) is 0 Å². The van der Waals surface area contributed by atoms with Crippen molar-refractivity contribution in [2.45, 2.75) is 77.2 Å². The molecule has 2 aromatic carbocycles. The summed E-state index contributed by atoms with van der Waals surface area (Å²) in [6.07, 6.45) is 0.534. The van der Waals surface area contributed by atoms with Crippen molar-refractivity contribution in [2.75, 3.05) is 13.1 Å². The Morgan fingerprint density at radius 2 is 1.50 bits per heavy atom. The molecule has 0 spiro atoms. The zero-order valence-electron chi connectivity index (χ0n) is 22.4. The maximum Gasteiger partial charge on any atom is 0.410 e. The second kappa shape index (κ2) is 10.0. The molecule has 6 nitrogen and oxygen atoms in total. The maximum absolute atomic E-state index is 12.9. The fourth-order valence-electron chi connectivity index (χ4n) is 5.71. The number of hydrogen-bond acceptors (Lipinski definition) is 4. The maximum atomic E-state index is 12.9. The molecule has 1 N–H and O–H groups in total. The molecular weight excluding hydrogens is 468 g/mol. The molecule has 2 aliphatic rings. The van der Waals surface area contributed by atoms with E-state index >= 15 is 0 Å². The smallest absolute Gasteiger partial charge is 0.410 e. The van der Waals surface area contributed by atoms with Crippen molar-refractivity contribution < 1.29 is 18.8 Å².